The van der Waals surface area contributed by atoms with Gasteiger partial charge in [0.25, 0.3) is 0 Å². The number of hydrogen-bond donors (Lipinski definition) is 1. The van der Waals surface area contributed by atoms with Crippen molar-refractivity contribution in [1.82, 2.24) is 4.90 Å². The molecule has 0 spiro atoms. The summed E-state index contributed by atoms with van der Waals surface area (Å²) in [4.78, 5) is 2.41. The maximum Gasteiger partial charge on any atom is 0.0802 e. The first-order valence-electron chi connectivity index (χ1n) is 7.46. The van der Waals surface area contributed by atoms with Crippen LogP contribution in [0.3, 0.4) is 0 Å². The number of rotatable bonds is 6. The van der Waals surface area contributed by atoms with E-state index in [1.54, 1.807) is 0 Å². The molecular formula is C16H24BrNO2. The number of aliphatic hydroxyl groups is 1. The lowest BCUT2D eigenvalue weighted by atomic mass is 10.0. The van der Waals surface area contributed by atoms with Crippen LogP contribution in [0.1, 0.15) is 37.9 Å². The van der Waals surface area contributed by atoms with Crippen molar-refractivity contribution in [3.05, 3.63) is 34.3 Å². The van der Waals surface area contributed by atoms with Crippen LogP contribution in [0.2, 0.25) is 0 Å². The standard InChI is InChI=1S/C16H24BrNO2/c1-2-20-15-7-4-9-18(12-15)10-8-16(19)13-5-3-6-14(17)11-13/h3,5-6,11,15-16,19H,2,4,7-10,12H2,1H3. The molecule has 3 nitrogen and oxygen atoms in total. The summed E-state index contributed by atoms with van der Waals surface area (Å²) in [7, 11) is 0. The Hall–Kier alpha value is -0.420. The van der Waals surface area contributed by atoms with Crippen LogP contribution in [-0.2, 0) is 4.74 Å². The minimum absolute atomic E-state index is 0.372. The monoisotopic (exact) mass is 341 g/mol. The Morgan fingerprint density at radius 1 is 1.50 bits per heavy atom. The zero-order valence-corrected chi connectivity index (χ0v) is 13.7. The Morgan fingerprint density at radius 2 is 2.35 bits per heavy atom. The van der Waals surface area contributed by atoms with Crippen LogP contribution in [-0.4, -0.2) is 42.4 Å². The molecule has 1 aliphatic rings. The predicted octanol–water partition coefficient (Wildman–Crippen LogP) is 3.37. The fraction of sp³-hybridized carbons (Fsp3) is 0.625. The molecule has 1 aromatic carbocycles. The van der Waals surface area contributed by atoms with E-state index < -0.39 is 0 Å². The van der Waals surface area contributed by atoms with Crippen molar-refractivity contribution < 1.29 is 9.84 Å². The highest BCUT2D eigenvalue weighted by molar-refractivity contribution is 9.10. The molecule has 4 heteroatoms. The Labute approximate surface area is 130 Å². The summed E-state index contributed by atoms with van der Waals surface area (Å²) in [5, 5.41) is 10.3. The van der Waals surface area contributed by atoms with E-state index in [2.05, 4.69) is 27.8 Å². The Bertz CT molecular complexity index is 411. The molecule has 1 saturated heterocycles. The molecule has 0 aliphatic carbocycles. The second-order valence-electron chi connectivity index (χ2n) is 5.38. The molecule has 0 bridgehead atoms. The first-order valence-corrected chi connectivity index (χ1v) is 8.26. The number of hydrogen-bond acceptors (Lipinski definition) is 3. The van der Waals surface area contributed by atoms with E-state index in [9.17, 15) is 5.11 Å². The van der Waals surface area contributed by atoms with Crippen molar-refractivity contribution >= 4 is 15.9 Å². The van der Waals surface area contributed by atoms with Crippen LogP contribution in [0.15, 0.2) is 28.7 Å². The number of ether oxygens (including phenoxy) is 1. The van der Waals surface area contributed by atoms with Gasteiger partial charge < -0.3 is 14.7 Å². The zero-order valence-electron chi connectivity index (χ0n) is 12.1. The molecule has 0 aromatic heterocycles. The van der Waals surface area contributed by atoms with Crippen LogP contribution < -0.4 is 0 Å². The molecule has 2 unspecified atom stereocenters. The largest absolute Gasteiger partial charge is 0.388 e. The summed E-state index contributed by atoms with van der Waals surface area (Å²) in [6, 6.07) is 7.92. The van der Waals surface area contributed by atoms with Gasteiger partial charge in [0, 0.05) is 24.2 Å². The molecule has 1 N–H and O–H groups in total. The third-order valence-electron chi connectivity index (χ3n) is 3.82. The first kappa shape index (κ1) is 16.0. The highest BCUT2D eigenvalue weighted by atomic mass is 79.9. The van der Waals surface area contributed by atoms with Gasteiger partial charge in [-0.2, -0.15) is 0 Å². The van der Waals surface area contributed by atoms with Crippen LogP contribution in [0.25, 0.3) is 0 Å². The lowest BCUT2D eigenvalue weighted by Crippen LogP contribution is -2.40. The van der Waals surface area contributed by atoms with E-state index in [4.69, 9.17) is 4.74 Å². The topological polar surface area (TPSA) is 32.7 Å². The summed E-state index contributed by atoms with van der Waals surface area (Å²) in [5.41, 5.74) is 0.984. The van der Waals surface area contributed by atoms with Gasteiger partial charge in [-0.15, -0.1) is 0 Å². The molecule has 0 radical (unpaired) electrons. The number of benzene rings is 1. The summed E-state index contributed by atoms with van der Waals surface area (Å²) < 4.78 is 6.73. The van der Waals surface area contributed by atoms with E-state index in [1.807, 2.05) is 24.3 Å². The van der Waals surface area contributed by atoms with Crippen molar-refractivity contribution in [2.75, 3.05) is 26.2 Å². The lowest BCUT2D eigenvalue weighted by Gasteiger charge is -2.32. The Balaban J connectivity index is 1.79. The second-order valence-corrected chi connectivity index (χ2v) is 6.30. The molecule has 0 saturated carbocycles. The van der Waals surface area contributed by atoms with Gasteiger partial charge in [-0.05, 0) is 50.4 Å². The number of halogens is 1. The van der Waals surface area contributed by atoms with Crippen molar-refractivity contribution in [3.63, 3.8) is 0 Å². The van der Waals surface area contributed by atoms with Crippen LogP contribution >= 0.6 is 15.9 Å². The van der Waals surface area contributed by atoms with Gasteiger partial charge in [0.05, 0.1) is 12.2 Å². The van der Waals surface area contributed by atoms with Gasteiger partial charge in [0.1, 0.15) is 0 Å². The van der Waals surface area contributed by atoms with Crippen molar-refractivity contribution in [3.8, 4) is 0 Å². The smallest absolute Gasteiger partial charge is 0.0802 e. The highest BCUT2D eigenvalue weighted by Crippen LogP contribution is 2.22. The van der Waals surface area contributed by atoms with Crippen LogP contribution in [0.5, 0.6) is 0 Å². The molecule has 1 aliphatic heterocycles. The van der Waals surface area contributed by atoms with E-state index >= 15 is 0 Å². The second kappa shape index (κ2) is 8.13. The molecule has 2 rings (SSSR count). The van der Waals surface area contributed by atoms with Crippen molar-refractivity contribution in [2.24, 2.45) is 0 Å². The van der Waals surface area contributed by atoms with Crippen molar-refractivity contribution in [2.45, 2.75) is 38.4 Å². The third-order valence-corrected chi connectivity index (χ3v) is 4.31. The SMILES string of the molecule is CCOC1CCCN(CCC(O)c2cccc(Br)c2)C1. The number of piperidine rings is 1. The number of likely N-dealkylation sites (tertiary alicyclic amines) is 1. The molecule has 1 fully saturated rings. The average molecular weight is 342 g/mol. The van der Waals surface area contributed by atoms with Gasteiger partial charge in [0.2, 0.25) is 0 Å². The maximum absolute atomic E-state index is 10.3. The Kier molecular flexibility index (Phi) is 6.49. The molecule has 112 valence electrons. The Morgan fingerprint density at radius 3 is 3.10 bits per heavy atom. The summed E-state index contributed by atoms with van der Waals surface area (Å²) in [6.07, 6.45) is 3.11. The third kappa shape index (κ3) is 4.85. The minimum atomic E-state index is -0.389. The zero-order chi connectivity index (χ0) is 14.4. The van der Waals surface area contributed by atoms with E-state index in [0.29, 0.717) is 6.10 Å². The van der Waals surface area contributed by atoms with E-state index in [1.165, 1.54) is 12.8 Å². The van der Waals surface area contributed by atoms with Gasteiger partial charge >= 0.3 is 0 Å². The lowest BCUT2D eigenvalue weighted by molar-refractivity contribution is 0.00212. The number of aliphatic hydroxyl groups excluding tert-OH is 1. The maximum atomic E-state index is 10.3. The molecule has 1 heterocycles. The average Bonchev–Trinajstić information content (AvgIpc) is 2.45. The summed E-state index contributed by atoms with van der Waals surface area (Å²) >= 11 is 3.45. The first-order chi connectivity index (χ1) is 9.69. The van der Waals surface area contributed by atoms with Crippen LogP contribution in [0.4, 0.5) is 0 Å². The highest BCUT2D eigenvalue weighted by Gasteiger charge is 2.20. The van der Waals surface area contributed by atoms with E-state index in [0.717, 1.165) is 42.7 Å². The molecule has 0 amide bonds. The van der Waals surface area contributed by atoms with E-state index in [-0.39, 0.29) is 6.10 Å². The quantitative estimate of drug-likeness (QED) is 0.860. The summed E-state index contributed by atoms with van der Waals surface area (Å²) in [6.45, 7) is 5.89. The molecule has 1 aromatic rings. The predicted molar refractivity (Wildman–Crippen MR) is 84.8 cm³/mol. The molecule has 20 heavy (non-hydrogen) atoms. The summed E-state index contributed by atoms with van der Waals surface area (Å²) in [5.74, 6) is 0. The fourth-order valence-electron chi connectivity index (χ4n) is 2.77. The molecular weight excluding hydrogens is 318 g/mol. The van der Waals surface area contributed by atoms with Gasteiger partial charge in [-0.1, -0.05) is 28.1 Å². The van der Waals surface area contributed by atoms with Gasteiger partial charge in [-0.3, -0.25) is 0 Å². The van der Waals surface area contributed by atoms with Crippen molar-refractivity contribution in [1.29, 1.82) is 0 Å². The normalized spacial score (nSPS) is 21.9. The fourth-order valence-corrected chi connectivity index (χ4v) is 3.19. The number of nitrogens with zero attached hydrogens (tertiary/aromatic N) is 1. The molecule has 2 atom stereocenters. The van der Waals surface area contributed by atoms with Gasteiger partial charge in [-0.25, -0.2) is 0 Å². The van der Waals surface area contributed by atoms with Gasteiger partial charge in [0.15, 0.2) is 0 Å². The minimum Gasteiger partial charge on any atom is -0.388 e. The van der Waals surface area contributed by atoms with Crippen LogP contribution in [0, 0.1) is 0 Å².